The number of amides is 1. The minimum atomic E-state index is -0.407. The van der Waals surface area contributed by atoms with Gasteiger partial charge in [-0.05, 0) is 91.7 Å². The molecule has 1 saturated carbocycles. The van der Waals surface area contributed by atoms with Gasteiger partial charge in [0.2, 0.25) is 0 Å². The molecular weight excluding hydrogens is 424 g/mol. The molecular formula is C29H40N2O3. The Hall–Kier alpha value is -2.37. The van der Waals surface area contributed by atoms with E-state index in [4.69, 9.17) is 10.5 Å². The van der Waals surface area contributed by atoms with E-state index in [-0.39, 0.29) is 12.5 Å². The monoisotopic (exact) mass is 464 g/mol. The van der Waals surface area contributed by atoms with Crippen LogP contribution in [0.25, 0.3) is 0 Å². The SMILES string of the molecule is CCCCN(C)C(=O)c1cccc(OCC2CCc3cc([C@H]4CC[C@](N)(CO)C4)ccc3C2)c1. The molecule has 3 N–H and O–H groups in total. The quantitative estimate of drug-likeness (QED) is 0.564. The summed E-state index contributed by atoms with van der Waals surface area (Å²) < 4.78 is 6.14. The topological polar surface area (TPSA) is 75.8 Å². The van der Waals surface area contributed by atoms with Crippen LogP contribution in [0.5, 0.6) is 5.75 Å². The predicted molar refractivity (Wildman–Crippen MR) is 136 cm³/mol. The molecule has 0 saturated heterocycles. The van der Waals surface area contributed by atoms with Crippen LogP contribution in [0.2, 0.25) is 0 Å². The van der Waals surface area contributed by atoms with Gasteiger partial charge in [-0.1, -0.05) is 37.6 Å². The molecule has 2 aromatic carbocycles. The van der Waals surface area contributed by atoms with Crippen molar-refractivity contribution in [2.24, 2.45) is 11.7 Å². The highest BCUT2D eigenvalue weighted by atomic mass is 16.5. The van der Waals surface area contributed by atoms with Crippen LogP contribution in [-0.2, 0) is 12.8 Å². The van der Waals surface area contributed by atoms with E-state index in [0.29, 0.717) is 24.0 Å². The number of aliphatic hydroxyl groups excluding tert-OH is 1. The van der Waals surface area contributed by atoms with Gasteiger partial charge in [-0.15, -0.1) is 0 Å². The maximum atomic E-state index is 12.7. The van der Waals surface area contributed by atoms with Crippen LogP contribution < -0.4 is 10.5 Å². The zero-order valence-corrected chi connectivity index (χ0v) is 20.8. The fourth-order valence-electron chi connectivity index (χ4n) is 5.48. The summed E-state index contributed by atoms with van der Waals surface area (Å²) >= 11 is 0. The Morgan fingerprint density at radius 3 is 2.82 bits per heavy atom. The second-order valence-electron chi connectivity index (χ2n) is 10.5. The van der Waals surface area contributed by atoms with E-state index in [9.17, 15) is 9.90 Å². The third kappa shape index (κ3) is 5.81. The lowest BCUT2D eigenvalue weighted by Crippen LogP contribution is -2.40. The smallest absolute Gasteiger partial charge is 0.253 e. The van der Waals surface area contributed by atoms with Gasteiger partial charge in [0, 0.05) is 24.7 Å². The number of aryl methyl sites for hydroxylation is 1. The van der Waals surface area contributed by atoms with E-state index in [1.165, 1.54) is 16.7 Å². The molecule has 0 heterocycles. The zero-order valence-electron chi connectivity index (χ0n) is 20.8. The van der Waals surface area contributed by atoms with Crippen LogP contribution in [-0.4, -0.2) is 48.3 Å². The lowest BCUT2D eigenvalue weighted by molar-refractivity contribution is 0.0792. The molecule has 34 heavy (non-hydrogen) atoms. The number of unbranched alkanes of at least 4 members (excludes halogenated alkanes) is 1. The molecule has 0 bridgehead atoms. The molecule has 1 fully saturated rings. The first-order valence-electron chi connectivity index (χ1n) is 12.9. The van der Waals surface area contributed by atoms with Crippen LogP contribution in [0.4, 0.5) is 0 Å². The van der Waals surface area contributed by atoms with E-state index in [2.05, 4.69) is 25.1 Å². The molecule has 184 valence electrons. The molecule has 0 spiro atoms. The van der Waals surface area contributed by atoms with Gasteiger partial charge in [-0.3, -0.25) is 4.79 Å². The normalized spacial score (nSPS) is 24.0. The number of hydrogen-bond donors (Lipinski definition) is 2. The van der Waals surface area contributed by atoms with Crippen LogP contribution in [0.1, 0.15) is 78.4 Å². The number of hydrogen-bond acceptors (Lipinski definition) is 4. The van der Waals surface area contributed by atoms with Crippen molar-refractivity contribution in [1.82, 2.24) is 4.90 Å². The fraction of sp³-hybridized carbons (Fsp3) is 0.552. The van der Waals surface area contributed by atoms with Crippen molar-refractivity contribution in [3.8, 4) is 5.75 Å². The van der Waals surface area contributed by atoms with Crippen molar-refractivity contribution in [2.45, 2.75) is 69.7 Å². The summed E-state index contributed by atoms with van der Waals surface area (Å²) in [6, 6.07) is 14.5. The van der Waals surface area contributed by atoms with Crippen molar-refractivity contribution >= 4 is 5.91 Å². The largest absolute Gasteiger partial charge is 0.493 e. The van der Waals surface area contributed by atoms with Crippen LogP contribution in [0, 0.1) is 5.92 Å². The third-order valence-electron chi connectivity index (χ3n) is 7.75. The van der Waals surface area contributed by atoms with Crippen molar-refractivity contribution in [3.63, 3.8) is 0 Å². The number of aliphatic hydroxyl groups is 1. The summed E-state index contributed by atoms with van der Waals surface area (Å²) in [5.74, 6) is 1.75. The Morgan fingerprint density at radius 2 is 2.06 bits per heavy atom. The Balaban J connectivity index is 1.32. The van der Waals surface area contributed by atoms with Gasteiger partial charge in [0.25, 0.3) is 5.91 Å². The van der Waals surface area contributed by atoms with E-state index >= 15 is 0 Å². The molecule has 0 aliphatic heterocycles. The third-order valence-corrected chi connectivity index (χ3v) is 7.75. The summed E-state index contributed by atoms with van der Waals surface area (Å²) in [6.07, 6.45) is 8.11. The maximum absolute atomic E-state index is 12.7. The number of nitrogens with two attached hydrogens (primary N) is 1. The van der Waals surface area contributed by atoms with Gasteiger partial charge in [-0.2, -0.15) is 0 Å². The zero-order chi connectivity index (χ0) is 24.1. The molecule has 2 aliphatic rings. The second kappa shape index (κ2) is 10.9. The van der Waals surface area contributed by atoms with Crippen molar-refractivity contribution in [3.05, 3.63) is 64.7 Å². The molecule has 4 rings (SSSR count). The van der Waals surface area contributed by atoms with E-state index in [0.717, 1.165) is 63.7 Å². The Labute approximate surface area is 204 Å². The summed E-state index contributed by atoms with van der Waals surface area (Å²) in [5.41, 5.74) is 10.8. The highest BCUT2D eigenvalue weighted by Crippen LogP contribution is 2.40. The Bertz CT molecular complexity index is 991. The Kier molecular flexibility index (Phi) is 7.95. The number of ether oxygens (including phenoxy) is 1. The van der Waals surface area contributed by atoms with E-state index in [1.807, 2.05) is 31.3 Å². The summed E-state index contributed by atoms with van der Waals surface area (Å²) in [7, 11) is 1.86. The predicted octanol–water partition coefficient (Wildman–Crippen LogP) is 4.70. The first-order valence-corrected chi connectivity index (χ1v) is 12.9. The molecule has 5 nitrogen and oxygen atoms in total. The number of carbonyl (C=O) groups excluding carboxylic acids is 1. The number of rotatable bonds is 9. The molecule has 0 aromatic heterocycles. The van der Waals surface area contributed by atoms with Crippen molar-refractivity contribution < 1.29 is 14.6 Å². The lowest BCUT2D eigenvalue weighted by atomic mass is 9.82. The van der Waals surface area contributed by atoms with Gasteiger partial charge >= 0.3 is 0 Å². The van der Waals surface area contributed by atoms with E-state index in [1.54, 1.807) is 4.90 Å². The molecule has 5 heteroatoms. The van der Waals surface area contributed by atoms with Gasteiger partial charge in [0.15, 0.2) is 0 Å². The van der Waals surface area contributed by atoms with Gasteiger partial charge in [-0.25, -0.2) is 0 Å². The highest BCUT2D eigenvalue weighted by molar-refractivity contribution is 5.94. The van der Waals surface area contributed by atoms with Gasteiger partial charge in [0.05, 0.1) is 13.2 Å². The summed E-state index contributed by atoms with van der Waals surface area (Å²) in [6.45, 7) is 3.65. The lowest BCUT2D eigenvalue weighted by Gasteiger charge is -2.26. The van der Waals surface area contributed by atoms with Gasteiger partial charge < -0.3 is 20.5 Å². The minimum Gasteiger partial charge on any atom is -0.493 e. The first-order chi connectivity index (χ1) is 16.4. The Morgan fingerprint density at radius 1 is 1.21 bits per heavy atom. The first kappa shape index (κ1) is 24.7. The standard InChI is InChI=1S/C29H40N2O3/c1-3-4-14-31(2)28(33)25-6-5-7-27(17-25)34-19-21-8-9-23-16-24(11-10-22(23)15-21)26-12-13-29(30,18-26)20-32/h5-7,10-11,16-17,21,26,32H,3-4,8-9,12-15,18-20,30H2,1-2H3/t21?,26-,29+/m0/s1. The summed E-state index contributed by atoms with van der Waals surface area (Å²) in [5, 5.41) is 9.59. The molecule has 1 unspecified atom stereocenters. The van der Waals surface area contributed by atoms with Crippen LogP contribution in [0.15, 0.2) is 42.5 Å². The molecule has 1 amide bonds. The average Bonchev–Trinajstić information content (AvgIpc) is 3.28. The van der Waals surface area contributed by atoms with E-state index < -0.39 is 5.54 Å². The molecule has 3 atom stereocenters. The highest BCUT2D eigenvalue weighted by Gasteiger charge is 2.36. The van der Waals surface area contributed by atoms with Gasteiger partial charge in [0.1, 0.15) is 5.75 Å². The fourth-order valence-corrected chi connectivity index (χ4v) is 5.48. The maximum Gasteiger partial charge on any atom is 0.253 e. The van der Waals surface area contributed by atoms with Crippen LogP contribution >= 0.6 is 0 Å². The number of benzene rings is 2. The molecule has 2 aromatic rings. The van der Waals surface area contributed by atoms with Crippen molar-refractivity contribution in [1.29, 1.82) is 0 Å². The second-order valence-corrected chi connectivity index (χ2v) is 10.5. The molecule has 2 aliphatic carbocycles. The number of fused-ring (bicyclic) bond motifs is 1. The van der Waals surface area contributed by atoms with Crippen LogP contribution in [0.3, 0.4) is 0 Å². The van der Waals surface area contributed by atoms with Crippen molar-refractivity contribution in [2.75, 3.05) is 26.8 Å². The number of carbonyl (C=O) groups is 1. The number of nitrogens with zero attached hydrogens (tertiary/aromatic N) is 1. The summed E-state index contributed by atoms with van der Waals surface area (Å²) in [4.78, 5) is 14.5. The minimum absolute atomic E-state index is 0.0504. The molecule has 0 radical (unpaired) electrons. The average molecular weight is 465 g/mol.